The average molecular weight is 375 g/mol. The Labute approximate surface area is 149 Å². The summed E-state index contributed by atoms with van der Waals surface area (Å²) in [5.41, 5.74) is -0.112. The maximum atomic E-state index is 12.7. The molecular weight excluding hydrogens is 357 g/mol. The smallest absolute Gasteiger partial charge is 0.333 e. The number of halogens is 4. The van der Waals surface area contributed by atoms with Gasteiger partial charge in [-0.05, 0) is 31.2 Å². The molecule has 1 atom stereocenters. The van der Waals surface area contributed by atoms with Crippen molar-refractivity contribution in [3.63, 3.8) is 0 Å². The number of amides is 1. The van der Waals surface area contributed by atoms with Crippen LogP contribution in [0.4, 0.5) is 13.2 Å². The van der Waals surface area contributed by atoms with Gasteiger partial charge < -0.3 is 10.2 Å². The zero-order chi connectivity index (χ0) is 17.3. The number of aromatic nitrogens is 2. The van der Waals surface area contributed by atoms with Crippen LogP contribution in [0.25, 0.3) is 5.69 Å². The molecule has 9 heteroatoms. The van der Waals surface area contributed by atoms with E-state index in [2.05, 4.69) is 10.4 Å². The van der Waals surface area contributed by atoms with Crippen molar-refractivity contribution in [1.29, 1.82) is 0 Å². The minimum absolute atomic E-state index is 0. The van der Waals surface area contributed by atoms with E-state index in [0.717, 1.165) is 23.8 Å². The van der Waals surface area contributed by atoms with Crippen molar-refractivity contribution in [2.45, 2.75) is 19.1 Å². The molecule has 1 saturated heterocycles. The second-order valence-electron chi connectivity index (χ2n) is 5.75. The minimum Gasteiger partial charge on any atom is -0.333 e. The molecule has 1 fully saturated rings. The van der Waals surface area contributed by atoms with E-state index < -0.39 is 11.9 Å². The second-order valence-corrected chi connectivity index (χ2v) is 5.75. The van der Waals surface area contributed by atoms with Crippen LogP contribution in [-0.4, -0.2) is 46.3 Å². The van der Waals surface area contributed by atoms with Crippen LogP contribution in [-0.2, 0) is 6.18 Å². The molecule has 2 aromatic rings. The highest BCUT2D eigenvalue weighted by Gasteiger charge is 2.33. The van der Waals surface area contributed by atoms with Crippen LogP contribution in [0.2, 0.25) is 0 Å². The molecule has 1 aliphatic rings. The number of nitrogens with zero attached hydrogens (tertiary/aromatic N) is 3. The summed E-state index contributed by atoms with van der Waals surface area (Å²) in [5.74, 6) is -0.131. The molecule has 0 saturated carbocycles. The Hall–Kier alpha value is -2.06. The first-order valence-electron chi connectivity index (χ1n) is 7.61. The summed E-state index contributed by atoms with van der Waals surface area (Å²) in [6, 6.07) is 7.46. The summed E-state index contributed by atoms with van der Waals surface area (Å²) in [5, 5.41) is 6.75. The molecule has 25 heavy (non-hydrogen) atoms. The highest BCUT2D eigenvalue weighted by Crippen LogP contribution is 2.28. The first kappa shape index (κ1) is 19.3. The topological polar surface area (TPSA) is 50.2 Å². The normalized spacial score (nSPS) is 17.9. The predicted octanol–water partition coefficient (Wildman–Crippen LogP) is 2.75. The van der Waals surface area contributed by atoms with Gasteiger partial charge in [-0.3, -0.25) is 4.79 Å². The lowest BCUT2D eigenvalue weighted by Crippen LogP contribution is -2.52. The van der Waals surface area contributed by atoms with Crippen LogP contribution >= 0.6 is 12.4 Å². The number of nitrogens with one attached hydrogen (secondary N) is 1. The fraction of sp³-hybridized carbons (Fsp3) is 0.375. The van der Waals surface area contributed by atoms with Crippen molar-refractivity contribution in [3.05, 3.63) is 47.8 Å². The van der Waals surface area contributed by atoms with Gasteiger partial charge >= 0.3 is 6.18 Å². The van der Waals surface area contributed by atoms with Gasteiger partial charge in [-0.2, -0.15) is 18.3 Å². The van der Waals surface area contributed by atoms with Gasteiger partial charge in [-0.15, -0.1) is 12.4 Å². The summed E-state index contributed by atoms with van der Waals surface area (Å²) in [4.78, 5) is 14.4. The predicted molar refractivity (Wildman–Crippen MR) is 89.2 cm³/mol. The van der Waals surface area contributed by atoms with E-state index in [1.54, 1.807) is 29.2 Å². The molecule has 0 bridgehead atoms. The average Bonchev–Trinajstić information content (AvgIpc) is 3.05. The fourth-order valence-corrected chi connectivity index (χ4v) is 2.71. The van der Waals surface area contributed by atoms with Crippen LogP contribution in [0.15, 0.2) is 36.5 Å². The molecule has 5 nitrogen and oxygen atoms in total. The summed E-state index contributed by atoms with van der Waals surface area (Å²) < 4.78 is 39.1. The van der Waals surface area contributed by atoms with Gasteiger partial charge in [0.1, 0.15) is 0 Å². The molecule has 1 aliphatic heterocycles. The van der Waals surface area contributed by atoms with Crippen LogP contribution in [0.3, 0.4) is 0 Å². The highest BCUT2D eigenvalue weighted by atomic mass is 35.5. The molecule has 0 radical (unpaired) electrons. The number of rotatable bonds is 2. The number of carbonyl (C=O) groups excluding carboxylic acids is 1. The standard InChI is InChI=1S/C16H17F3N4O.ClH/c1-11-10-20-6-8-22(11)15(24)12-3-2-4-13(9-12)23-7-5-14(21-23)16(17,18)19;/h2-5,7,9,11,20H,6,8,10H2,1H3;1H/t11-;/m1./s1. The van der Waals surface area contributed by atoms with Crippen LogP contribution in [0.5, 0.6) is 0 Å². The Morgan fingerprint density at radius 1 is 1.32 bits per heavy atom. The lowest BCUT2D eigenvalue weighted by atomic mass is 10.1. The van der Waals surface area contributed by atoms with Gasteiger partial charge in [-0.1, -0.05) is 6.07 Å². The maximum absolute atomic E-state index is 12.7. The molecule has 0 unspecified atom stereocenters. The third-order valence-electron chi connectivity index (χ3n) is 4.00. The number of piperazine rings is 1. The van der Waals surface area contributed by atoms with Crippen LogP contribution < -0.4 is 5.32 Å². The Balaban J connectivity index is 0.00000225. The van der Waals surface area contributed by atoms with Gasteiger partial charge in [0.2, 0.25) is 0 Å². The molecule has 0 spiro atoms. The number of hydrogen-bond donors (Lipinski definition) is 1. The van der Waals surface area contributed by atoms with Crippen LogP contribution in [0, 0.1) is 0 Å². The first-order chi connectivity index (χ1) is 11.4. The van der Waals surface area contributed by atoms with Crippen molar-refractivity contribution >= 4 is 18.3 Å². The van der Waals surface area contributed by atoms with Gasteiger partial charge in [-0.25, -0.2) is 4.68 Å². The molecule has 1 N–H and O–H groups in total. The third kappa shape index (κ3) is 4.13. The number of alkyl halides is 3. The summed E-state index contributed by atoms with van der Waals surface area (Å²) in [6.45, 7) is 4.00. The quantitative estimate of drug-likeness (QED) is 0.879. The van der Waals surface area contributed by atoms with Gasteiger partial charge in [0.05, 0.1) is 5.69 Å². The fourth-order valence-electron chi connectivity index (χ4n) is 2.71. The molecular formula is C16H18ClF3N4O. The second kappa shape index (κ2) is 7.45. The number of benzene rings is 1. The van der Waals surface area contributed by atoms with E-state index in [1.807, 2.05) is 6.92 Å². The Morgan fingerprint density at radius 2 is 2.08 bits per heavy atom. The van der Waals surface area contributed by atoms with Crippen LogP contribution in [0.1, 0.15) is 23.0 Å². The monoisotopic (exact) mass is 374 g/mol. The van der Waals surface area contributed by atoms with Gasteiger partial charge in [0.15, 0.2) is 5.69 Å². The molecule has 3 rings (SSSR count). The van der Waals surface area contributed by atoms with Gasteiger partial charge in [0, 0.05) is 37.4 Å². The van der Waals surface area contributed by atoms with E-state index in [1.165, 1.54) is 6.20 Å². The maximum Gasteiger partial charge on any atom is 0.435 e. The van der Waals surface area contributed by atoms with E-state index >= 15 is 0 Å². The van der Waals surface area contributed by atoms with E-state index in [9.17, 15) is 18.0 Å². The molecule has 2 heterocycles. The molecule has 1 amide bonds. The molecule has 136 valence electrons. The lowest BCUT2D eigenvalue weighted by molar-refractivity contribution is -0.141. The van der Waals surface area contributed by atoms with E-state index in [0.29, 0.717) is 17.8 Å². The van der Waals surface area contributed by atoms with Crippen molar-refractivity contribution in [2.24, 2.45) is 0 Å². The zero-order valence-corrected chi connectivity index (χ0v) is 14.3. The minimum atomic E-state index is -4.49. The lowest BCUT2D eigenvalue weighted by Gasteiger charge is -2.34. The Bertz CT molecular complexity index is 747. The summed E-state index contributed by atoms with van der Waals surface area (Å²) in [7, 11) is 0. The first-order valence-corrected chi connectivity index (χ1v) is 7.61. The van der Waals surface area contributed by atoms with Crippen molar-refractivity contribution in [3.8, 4) is 5.69 Å². The van der Waals surface area contributed by atoms with Gasteiger partial charge in [0.25, 0.3) is 5.91 Å². The Kier molecular flexibility index (Phi) is 5.74. The zero-order valence-electron chi connectivity index (χ0n) is 13.5. The largest absolute Gasteiger partial charge is 0.435 e. The SMILES string of the molecule is C[C@@H]1CNCCN1C(=O)c1cccc(-n2ccc(C(F)(F)F)n2)c1.Cl. The summed E-state index contributed by atoms with van der Waals surface area (Å²) in [6.07, 6.45) is -3.26. The summed E-state index contributed by atoms with van der Waals surface area (Å²) >= 11 is 0. The Morgan fingerprint density at radius 3 is 2.72 bits per heavy atom. The van der Waals surface area contributed by atoms with E-state index in [4.69, 9.17) is 0 Å². The van der Waals surface area contributed by atoms with E-state index in [-0.39, 0.29) is 24.4 Å². The highest BCUT2D eigenvalue weighted by molar-refractivity contribution is 5.95. The number of carbonyl (C=O) groups is 1. The number of hydrogen-bond acceptors (Lipinski definition) is 3. The molecule has 0 aliphatic carbocycles. The third-order valence-corrected chi connectivity index (χ3v) is 4.00. The van der Waals surface area contributed by atoms with Crippen molar-refractivity contribution in [1.82, 2.24) is 20.0 Å². The molecule has 1 aromatic carbocycles. The van der Waals surface area contributed by atoms with Crippen molar-refractivity contribution < 1.29 is 18.0 Å². The molecule has 1 aromatic heterocycles. The van der Waals surface area contributed by atoms with Crippen molar-refractivity contribution in [2.75, 3.05) is 19.6 Å².